The third kappa shape index (κ3) is 4.67. The molecule has 1 aliphatic rings. The Kier molecular flexibility index (Phi) is 5.63. The number of carbonyl (C=O) groups is 1. The molecule has 1 amide bonds. The number of thioether (sulfide) groups is 1. The highest BCUT2D eigenvalue weighted by molar-refractivity contribution is 8.00. The van der Waals surface area contributed by atoms with Crippen molar-refractivity contribution in [2.45, 2.75) is 30.8 Å². The fourth-order valence-electron chi connectivity index (χ4n) is 2.60. The van der Waals surface area contributed by atoms with Crippen LogP contribution in [0.25, 0.3) is 0 Å². The molecular weight excluding hydrogens is 324 g/mol. The average molecular weight is 344 g/mol. The first-order valence-electron chi connectivity index (χ1n) is 7.97. The molecule has 0 bridgehead atoms. The van der Waals surface area contributed by atoms with Crippen molar-refractivity contribution in [3.05, 3.63) is 42.6 Å². The van der Waals surface area contributed by atoms with Crippen LogP contribution in [-0.4, -0.2) is 50.7 Å². The van der Waals surface area contributed by atoms with Crippen LogP contribution in [0.3, 0.4) is 0 Å². The highest BCUT2D eigenvalue weighted by Gasteiger charge is 2.25. The van der Waals surface area contributed by atoms with Gasteiger partial charge in [0.15, 0.2) is 0 Å². The van der Waals surface area contributed by atoms with E-state index in [1.165, 1.54) is 11.8 Å². The van der Waals surface area contributed by atoms with E-state index in [-0.39, 0.29) is 12.0 Å². The maximum absolute atomic E-state index is 12.4. The Morgan fingerprint density at radius 1 is 1.33 bits per heavy atom. The number of aryl methyl sites for hydroxylation is 1. The van der Waals surface area contributed by atoms with E-state index in [1.54, 1.807) is 24.7 Å². The summed E-state index contributed by atoms with van der Waals surface area (Å²) in [4.78, 5) is 27.7. The molecule has 126 valence electrons. The zero-order chi connectivity index (χ0) is 16.8. The number of ether oxygens (including phenoxy) is 1. The summed E-state index contributed by atoms with van der Waals surface area (Å²) in [6, 6.07) is 5.59. The zero-order valence-corrected chi connectivity index (χ0v) is 14.4. The Balaban J connectivity index is 1.52. The summed E-state index contributed by atoms with van der Waals surface area (Å²) < 4.78 is 5.92. The van der Waals surface area contributed by atoms with Crippen LogP contribution in [0.2, 0.25) is 0 Å². The van der Waals surface area contributed by atoms with E-state index in [0.717, 1.165) is 24.3 Å². The van der Waals surface area contributed by atoms with Crippen molar-refractivity contribution in [1.29, 1.82) is 0 Å². The van der Waals surface area contributed by atoms with E-state index in [1.807, 2.05) is 24.0 Å². The van der Waals surface area contributed by atoms with Crippen molar-refractivity contribution < 1.29 is 9.53 Å². The Morgan fingerprint density at radius 3 is 2.96 bits per heavy atom. The number of rotatable bonds is 5. The van der Waals surface area contributed by atoms with Gasteiger partial charge in [-0.3, -0.25) is 9.78 Å². The molecule has 0 saturated carbocycles. The average Bonchev–Trinajstić information content (AvgIpc) is 2.61. The van der Waals surface area contributed by atoms with Gasteiger partial charge < -0.3 is 9.64 Å². The van der Waals surface area contributed by atoms with E-state index < -0.39 is 0 Å². The zero-order valence-electron chi connectivity index (χ0n) is 13.6. The standard InChI is InChI=1S/C17H20N4O2S/c1-13-19-9-6-16(20-13)23-14-3-2-10-21(11-14)17(22)12-24-15-4-7-18-8-5-15/h4-9,14H,2-3,10-12H2,1H3/t14-/m1/s1. The summed E-state index contributed by atoms with van der Waals surface area (Å²) in [6.45, 7) is 3.23. The number of hydrogen-bond acceptors (Lipinski definition) is 6. The van der Waals surface area contributed by atoms with Crippen LogP contribution in [0.1, 0.15) is 18.7 Å². The van der Waals surface area contributed by atoms with Crippen LogP contribution in [0.5, 0.6) is 5.88 Å². The molecule has 7 heteroatoms. The second-order valence-electron chi connectivity index (χ2n) is 5.64. The number of likely N-dealkylation sites (tertiary alicyclic amines) is 1. The van der Waals surface area contributed by atoms with Crippen molar-refractivity contribution in [3.63, 3.8) is 0 Å². The molecule has 1 aliphatic heterocycles. The smallest absolute Gasteiger partial charge is 0.233 e. The molecule has 0 aliphatic carbocycles. The second kappa shape index (κ2) is 8.10. The lowest BCUT2D eigenvalue weighted by Gasteiger charge is -2.32. The molecule has 0 aromatic carbocycles. The quantitative estimate of drug-likeness (QED) is 0.776. The van der Waals surface area contributed by atoms with E-state index in [9.17, 15) is 4.79 Å². The van der Waals surface area contributed by atoms with Gasteiger partial charge in [0, 0.05) is 36.1 Å². The monoisotopic (exact) mass is 344 g/mol. The summed E-state index contributed by atoms with van der Waals surface area (Å²) in [7, 11) is 0. The molecule has 1 atom stereocenters. The second-order valence-corrected chi connectivity index (χ2v) is 6.68. The summed E-state index contributed by atoms with van der Waals surface area (Å²) in [6.07, 6.45) is 7.03. The predicted octanol–water partition coefficient (Wildman–Crippen LogP) is 2.34. The van der Waals surface area contributed by atoms with Gasteiger partial charge in [0.2, 0.25) is 11.8 Å². The number of carbonyl (C=O) groups excluding carboxylic acids is 1. The molecular formula is C17H20N4O2S. The lowest BCUT2D eigenvalue weighted by Crippen LogP contribution is -2.45. The summed E-state index contributed by atoms with van der Waals surface area (Å²) in [5, 5.41) is 0. The molecule has 3 heterocycles. The highest BCUT2D eigenvalue weighted by atomic mass is 32.2. The minimum absolute atomic E-state index is 0.0112. The third-order valence-electron chi connectivity index (χ3n) is 3.78. The minimum Gasteiger partial charge on any atom is -0.472 e. The molecule has 1 fully saturated rings. The molecule has 0 N–H and O–H groups in total. The van der Waals surface area contributed by atoms with E-state index >= 15 is 0 Å². The Hall–Kier alpha value is -2.15. The van der Waals surface area contributed by atoms with Gasteiger partial charge in [0.25, 0.3) is 0 Å². The first kappa shape index (κ1) is 16.7. The maximum atomic E-state index is 12.4. The molecule has 0 spiro atoms. The predicted molar refractivity (Wildman–Crippen MR) is 92.0 cm³/mol. The molecule has 24 heavy (non-hydrogen) atoms. The van der Waals surface area contributed by atoms with Crippen LogP contribution in [-0.2, 0) is 4.79 Å². The van der Waals surface area contributed by atoms with Crippen LogP contribution in [0.15, 0.2) is 41.7 Å². The fourth-order valence-corrected chi connectivity index (χ4v) is 3.39. The molecule has 2 aromatic heterocycles. The Bertz CT molecular complexity index is 683. The SMILES string of the molecule is Cc1nccc(O[C@@H]2CCCN(C(=O)CSc3ccncc3)C2)n1. The third-order valence-corrected chi connectivity index (χ3v) is 4.78. The van der Waals surface area contributed by atoms with Crippen LogP contribution < -0.4 is 4.74 Å². The molecule has 2 aromatic rings. The highest BCUT2D eigenvalue weighted by Crippen LogP contribution is 2.20. The lowest BCUT2D eigenvalue weighted by atomic mass is 10.1. The van der Waals surface area contributed by atoms with Gasteiger partial charge >= 0.3 is 0 Å². The van der Waals surface area contributed by atoms with Crippen molar-refractivity contribution in [2.24, 2.45) is 0 Å². The summed E-state index contributed by atoms with van der Waals surface area (Å²) >= 11 is 1.54. The van der Waals surface area contributed by atoms with Crippen LogP contribution in [0, 0.1) is 6.92 Å². The Morgan fingerprint density at radius 2 is 2.17 bits per heavy atom. The van der Waals surface area contributed by atoms with E-state index in [2.05, 4.69) is 15.0 Å². The molecule has 0 radical (unpaired) electrons. The fraction of sp³-hybridized carbons (Fsp3) is 0.412. The van der Waals surface area contributed by atoms with Crippen molar-refractivity contribution >= 4 is 17.7 Å². The van der Waals surface area contributed by atoms with Gasteiger partial charge in [-0.25, -0.2) is 4.98 Å². The van der Waals surface area contributed by atoms with E-state index in [4.69, 9.17) is 4.74 Å². The number of hydrogen-bond donors (Lipinski definition) is 0. The first-order chi connectivity index (χ1) is 11.7. The van der Waals surface area contributed by atoms with Gasteiger partial charge in [0.1, 0.15) is 11.9 Å². The normalized spacial score (nSPS) is 17.5. The largest absolute Gasteiger partial charge is 0.472 e. The van der Waals surface area contributed by atoms with Crippen molar-refractivity contribution in [2.75, 3.05) is 18.8 Å². The van der Waals surface area contributed by atoms with Gasteiger partial charge in [0.05, 0.1) is 12.3 Å². The van der Waals surface area contributed by atoms with Crippen molar-refractivity contribution in [3.8, 4) is 5.88 Å². The topological polar surface area (TPSA) is 68.2 Å². The maximum Gasteiger partial charge on any atom is 0.233 e. The molecule has 3 rings (SSSR count). The Labute approximate surface area is 145 Å². The summed E-state index contributed by atoms with van der Waals surface area (Å²) in [5.74, 6) is 1.84. The number of piperidine rings is 1. The van der Waals surface area contributed by atoms with Crippen LogP contribution >= 0.6 is 11.8 Å². The van der Waals surface area contributed by atoms with E-state index in [0.29, 0.717) is 24.0 Å². The number of aromatic nitrogens is 3. The van der Waals surface area contributed by atoms with Gasteiger partial charge in [-0.05, 0) is 31.9 Å². The van der Waals surface area contributed by atoms with Gasteiger partial charge in [-0.1, -0.05) is 0 Å². The lowest BCUT2D eigenvalue weighted by molar-refractivity contribution is -0.130. The summed E-state index contributed by atoms with van der Waals surface area (Å²) in [5.41, 5.74) is 0. The van der Waals surface area contributed by atoms with Crippen molar-refractivity contribution in [1.82, 2.24) is 19.9 Å². The number of pyridine rings is 1. The molecule has 6 nitrogen and oxygen atoms in total. The number of nitrogens with zero attached hydrogens (tertiary/aromatic N) is 4. The van der Waals surface area contributed by atoms with Crippen LogP contribution in [0.4, 0.5) is 0 Å². The first-order valence-corrected chi connectivity index (χ1v) is 8.96. The van der Waals surface area contributed by atoms with Gasteiger partial charge in [-0.2, -0.15) is 4.98 Å². The molecule has 1 saturated heterocycles. The van der Waals surface area contributed by atoms with Gasteiger partial charge in [-0.15, -0.1) is 11.8 Å². The molecule has 0 unspecified atom stereocenters. The number of amides is 1. The minimum atomic E-state index is -0.0112.